The number of hydrogen-bond donors (Lipinski definition) is 3. The number of nitrogens with zero attached hydrogens (tertiary/aromatic N) is 2. The van der Waals surface area contributed by atoms with Crippen LogP contribution in [0.2, 0.25) is 0 Å². The van der Waals surface area contributed by atoms with Gasteiger partial charge in [0.25, 0.3) is 0 Å². The number of nitrogen functional groups attached to an aromatic ring is 3. The lowest BCUT2D eigenvalue weighted by Crippen LogP contribution is -2.31. The molecule has 0 unspecified atom stereocenters. The van der Waals surface area contributed by atoms with Gasteiger partial charge in [-0.25, -0.2) is 0 Å². The van der Waals surface area contributed by atoms with Gasteiger partial charge < -0.3 is 17.2 Å². The molecule has 256 valence electrons. The van der Waals surface area contributed by atoms with E-state index in [-0.39, 0.29) is 0 Å². The average molecular weight is 799 g/mol. The molecule has 0 radical (unpaired) electrons. The van der Waals surface area contributed by atoms with Gasteiger partial charge in [-0.3, -0.25) is 9.80 Å². The van der Waals surface area contributed by atoms with Crippen LogP contribution in [0.1, 0.15) is 50.1 Å². The molecule has 0 spiro atoms. The van der Waals surface area contributed by atoms with E-state index < -0.39 is 23.5 Å². The number of halogens is 8. The summed E-state index contributed by atoms with van der Waals surface area (Å²) < 4.78 is 78.9. The lowest BCUT2D eigenvalue weighted by Gasteiger charge is -2.31. The summed E-state index contributed by atoms with van der Waals surface area (Å²) in [4.78, 5) is 4.26. The zero-order chi connectivity index (χ0) is 35.0. The van der Waals surface area contributed by atoms with E-state index in [0.717, 1.165) is 80.5 Å². The third kappa shape index (κ3) is 8.30. The van der Waals surface area contributed by atoms with Crippen LogP contribution in [-0.4, -0.2) is 22.9 Å². The normalized spacial score (nSPS) is 15.4. The molecule has 5 nitrogen and oxygen atoms in total. The van der Waals surface area contributed by atoms with E-state index in [4.69, 9.17) is 17.2 Å². The molecule has 2 aliphatic rings. The van der Waals surface area contributed by atoms with Crippen LogP contribution in [0.5, 0.6) is 0 Å². The molecule has 2 aliphatic heterocycles. The first kappa shape index (κ1) is 36.0. The second kappa shape index (κ2) is 14.3. The van der Waals surface area contributed by atoms with Gasteiger partial charge >= 0.3 is 12.4 Å². The Labute approximate surface area is 292 Å². The first-order valence-corrected chi connectivity index (χ1v) is 16.8. The molecule has 6 N–H and O–H groups in total. The van der Waals surface area contributed by atoms with Crippen molar-refractivity contribution in [2.75, 3.05) is 30.3 Å². The molecule has 48 heavy (non-hydrogen) atoms. The predicted octanol–water partition coefficient (Wildman–Crippen LogP) is 9.11. The minimum absolute atomic E-state index is 0.458. The molecular weight excluding hydrogens is 764 g/mol. The van der Waals surface area contributed by atoms with Crippen molar-refractivity contribution in [3.05, 3.63) is 120 Å². The van der Waals surface area contributed by atoms with E-state index in [1.165, 1.54) is 24.3 Å². The maximum atomic E-state index is 12.8. The fourth-order valence-corrected chi connectivity index (χ4v) is 7.54. The maximum Gasteiger partial charge on any atom is 0.416 e. The summed E-state index contributed by atoms with van der Waals surface area (Å²) in [6.07, 6.45) is -7.09. The lowest BCUT2D eigenvalue weighted by molar-refractivity contribution is -0.138. The zero-order valence-electron chi connectivity index (χ0n) is 26.1. The van der Waals surface area contributed by atoms with E-state index >= 15 is 0 Å². The van der Waals surface area contributed by atoms with Crippen LogP contribution in [-0.2, 0) is 51.4 Å². The molecule has 0 bridgehead atoms. The summed E-state index contributed by atoms with van der Waals surface area (Å²) in [7, 11) is 0. The summed E-state index contributed by atoms with van der Waals surface area (Å²) in [5.74, 6) is 0. The molecule has 0 aromatic heterocycles. The van der Waals surface area contributed by atoms with Crippen LogP contribution in [0.4, 0.5) is 43.4 Å². The van der Waals surface area contributed by atoms with Crippen LogP contribution < -0.4 is 17.2 Å². The SMILES string of the molecule is Cc1cc(Br)c2c(c1N)CCN(Cc1cccc(C(F)(F)F)c1)C2.Nc1cc(Br)c2c(c1N)CCN(Cc1cccc(C(F)(F)F)c1)C2. The Hall–Kier alpha value is -3.26. The minimum Gasteiger partial charge on any atom is -0.398 e. The molecule has 13 heteroatoms. The smallest absolute Gasteiger partial charge is 0.398 e. The van der Waals surface area contributed by atoms with E-state index in [0.29, 0.717) is 48.7 Å². The summed E-state index contributed by atoms with van der Waals surface area (Å²) >= 11 is 7.09. The Bertz CT molecular complexity index is 1680. The first-order chi connectivity index (χ1) is 22.5. The number of fused-ring (bicyclic) bond motifs is 2. The Morgan fingerprint density at radius 2 is 1.06 bits per heavy atom. The van der Waals surface area contributed by atoms with Crippen molar-refractivity contribution in [3.8, 4) is 0 Å². The summed E-state index contributed by atoms with van der Waals surface area (Å²) in [5, 5.41) is 0. The van der Waals surface area contributed by atoms with Gasteiger partial charge in [-0.2, -0.15) is 26.3 Å². The molecular formula is C35H35Br2F6N5. The molecule has 0 aliphatic carbocycles. The number of nitrogens with two attached hydrogens (primary N) is 3. The largest absolute Gasteiger partial charge is 0.416 e. The molecule has 0 saturated carbocycles. The van der Waals surface area contributed by atoms with E-state index in [9.17, 15) is 26.3 Å². The standard InChI is InChI=1S/C18H18BrF3N2.C17H17BrF3N3/c1-11-7-16(19)15-10-24(6-5-14(15)17(11)23)9-12-3-2-4-13(8-12)18(20,21)22;18-14-7-15(22)16(23)12-4-5-24(9-13(12)14)8-10-2-1-3-11(6-10)17(19,20)21/h2-4,7-8H,5-6,9-10,23H2,1H3;1-3,6-7H,4-5,8-9,22-23H2. The van der Waals surface area contributed by atoms with Crippen LogP contribution in [0.15, 0.2) is 69.6 Å². The Balaban J connectivity index is 0.000000188. The van der Waals surface area contributed by atoms with E-state index in [1.54, 1.807) is 18.2 Å². The maximum absolute atomic E-state index is 12.8. The van der Waals surface area contributed by atoms with Crippen LogP contribution in [0.25, 0.3) is 0 Å². The third-order valence-electron chi connectivity index (χ3n) is 8.76. The number of rotatable bonds is 4. The van der Waals surface area contributed by atoms with Crippen LogP contribution in [0, 0.1) is 6.92 Å². The van der Waals surface area contributed by atoms with Gasteiger partial charge in [-0.1, -0.05) is 68.3 Å². The highest BCUT2D eigenvalue weighted by atomic mass is 79.9. The number of benzene rings is 4. The Morgan fingerprint density at radius 3 is 1.52 bits per heavy atom. The Kier molecular flexibility index (Phi) is 10.7. The van der Waals surface area contributed by atoms with Crippen molar-refractivity contribution >= 4 is 48.9 Å². The zero-order valence-corrected chi connectivity index (χ0v) is 29.3. The van der Waals surface area contributed by atoms with Crippen LogP contribution in [0.3, 0.4) is 0 Å². The highest BCUT2D eigenvalue weighted by molar-refractivity contribution is 9.10. The number of alkyl halides is 6. The molecule has 0 atom stereocenters. The average Bonchev–Trinajstić information content (AvgIpc) is 3.02. The second-order valence-electron chi connectivity index (χ2n) is 12.2. The van der Waals surface area contributed by atoms with Gasteiger partial charge in [0.2, 0.25) is 0 Å². The van der Waals surface area contributed by atoms with Gasteiger partial charge in [-0.15, -0.1) is 0 Å². The molecule has 0 fully saturated rings. The number of hydrogen-bond acceptors (Lipinski definition) is 5. The van der Waals surface area contributed by atoms with E-state index in [1.807, 2.05) is 13.0 Å². The number of aryl methyl sites for hydroxylation is 1. The summed E-state index contributed by atoms with van der Waals surface area (Å²) in [5.41, 5.74) is 25.6. The quantitative estimate of drug-likeness (QED) is 0.142. The fraction of sp³-hybridized carbons (Fsp3) is 0.314. The topological polar surface area (TPSA) is 84.5 Å². The van der Waals surface area contributed by atoms with Crippen molar-refractivity contribution in [2.45, 2.75) is 58.3 Å². The highest BCUT2D eigenvalue weighted by Crippen LogP contribution is 2.37. The van der Waals surface area contributed by atoms with Crippen molar-refractivity contribution in [1.82, 2.24) is 9.80 Å². The minimum atomic E-state index is -4.32. The van der Waals surface area contributed by atoms with Crippen LogP contribution >= 0.6 is 31.9 Å². The second-order valence-corrected chi connectivity index (χ2v) is 13.9. The van der Waals surface area contributed by atoms with Crippen molar-refractivity contribution < 1.29 is 26.3 Å². The third-order valence-corrected chi connectivity index (χ3v) is 10.2. The van der Waals surface area contributed by atoms with E-state index in [2.05, 4.69) is 41.7 Å². The van der Waals surface area contributed by atoms with Crippen molar-refractivity contribution in [2.24, 2.45) is 0 Å². The monoisotopic (exact) mass is 797 g/mol. The van der Waals surface area contributed by atoms with Gasteiger partial charge in [0.15, 0.2) is 0 Å². The lowest BCUT2D eigenvalue weighted by atomic mass is 9.95. The van der Waals surface area contributed by atoms with Gasteiger partial charge in [0, 0.05) is 53.9 Å². The molecule has 0 amide bonds. The predicted molar refractivity (Wildman–Crippen MR) is 185 cm³/mol. The molecule has 2 heterocycles. The highest BCUT2D eigenvalue weighted by Gasteiger charge is 2.32. The van der Waals surface area contributed by atoms with Gasteiger partial charge in [0.05, 0.1) is 22.5 Å². The fourth-order valence-electron chi connectivity index (χ4n) is 6.22. The molecule has 6 rings (SSSR count). The van der Waals surface area contributed by atoms with Crippen molar-refractivity contribution in [3.63, 3.8) is 0 Å². The molecule has 0 saturated heterocycles. The first-order valence-electron chi connectivity index (χ1n) is 15.2. The molecule has 4 aromatic carbocycles. The molecule has 4 aromatic rings. The number of anilines is 3. The van der Waals surface area contributed by atoms with Gasteiger partial charge in [0.1, 0.15) is 0 Å². The van der Waals surface area contributed by atoms with Crippen molar-refractivity contribution in [1.29, 1.82) is 0 Å². The Morgan fingerprint density at radius 1 is 0.625 bits per heavy atom. The summed E-state index contributed by atoms with van der Waals surface area (Å²) in [6.45, 7) is 5.74. The summed E-state index contributed by atoms with van der Waals surface area (Å²) in [6, 6.07) is 14.8. The van der Waals surface area contributed by atoms with Gasteiger partial charge in [-0.05, 0) is 83.0 Å².